The second-order valence-electron chi connectivity index (χ2n) is 5.06. The third-order valence-electron chi connectivity index (χ3n) is 3.46. The molecule has 1 aliphatic heterocycles. The molecule has 0 radical (unpaired) electrons. The number of carbonyl (C=O) groups excluding carboxylic acids is 1. The minimum Gasteiger partial charge on any atom is -0.310 e. The van der Waals surface area contributed by atoms with Gasteiger partial charge < -0.3 is 10.6 Å². The van der Waals surface area contributed by atoms with E-state index < -0.39 is 17.6 Å². The summed E-state index contributed by atoms with van der Waals surface area (Å²) in [5, 5.41) is 0. The third-order valence-corrected chi connectivity index (χ3v) is 3.46. The van der Waals surface area contributed by atoms with Gasteiger partial charge in [-0.15, -0.1) is 0 Å². The summed E-state index contributed by atoms with van der Waals surface area (Å²) in [6.45, 7) is 2.42. The molecule has 6 heteroatoms. The maximum atomic E-state index is 12.9. The number of fused-ring (bicyclic) bond motifs is 1. The van der Waals surface area contributed by atoms with Crippen molar-refractivity contribution in [1.82, 2.24) is 0 Å². The molecule has 2 unspecified atom stereocenters. The average Bonchev–Trinajstić information content (AvgIpc) is 2.62. The zero-order valence-electron chi connectivity index (χ0n) is 10.7. The number of hydrogen-bond donors (Lipinski definition) is 1. The maximum Gasteiger partial charge on any atom is 0.415 e. The number of benzene rings is 1. The molecular formula is C13H15F3N2O. The topological polar surface area (TPSA) is 46.3 Å². The molecule has 0 saturated heterocycles. The largest absolute Gasteiger partial charge is 0.415 e. The molecule has 2 rings (SSSR count). The number of nitrogens with two attached hydrogens (primary N) is 1. The molecule has 2 N–H and O–H groups in total. The number of alkyl halides is 3. The zero-order valence-corrected chi connectivity index (χ0v) is 10.7. The fraction of sp³-hybridized carbons (Fsp3) is 0.462. The van der Waals surface area contributed by atoms with Gasteiger partial charge in [-0.3, -0.25) is 4.79 Å². The molecule has 0 fully saturated rings. The first-order chi connectivity index (χ1) is 8.66. The zero-order chi connectivity index (χ0) is 14.4. The highest BCUT2D eigenvalue weighted by molar-refractivity contribution is 6.02. The van der Waals surface area contributed by atoms with Gasteiger partial charge in [0.2, 0.25) is 0 Å². The van der Waals surface area contributed by atoms with Crippen molar-refractivity contribution in [3.63, 3.8) is 0 Å². The number of amides is 1. The minimum atomic E-state index is -4.78. The lowest BCUT2D eigenvalue weighted by atomic mass is 10.0. The number of hydrogen-bond acceptors (Lipinski definition) is 2. The van der Waals surface area contributed by atoms with E-state index >= 15 is 0 Å². The van der Waals surface area contributed by atoms with Crippen LogP contribution >= 0.6 is 0 Å². The first kappa shape index (κ1) is 13.9. The van der Waals surface area contributed by atoms with E-state index in [1.807, 2.05) is 0 Å². The molecule has 0 spiro atoms. The fourth-order valence-electron chi connectivity index (χ4n) is 2.25. The second-order valence-corrected chi connectivity index (χ2v) is 5.06. The monoisotopic (exact) mass is 272 g/mol. The van der Waals surface area contributed by atoms with E-state index in [4.69, 9.17) is 5.73 Å². The molecule has 0 aromatic heterocycles. The Morgan fingerprint density at radius 2 is 1.95 bits per heavy atom. The molecule has 1 heterocycles. The Kier molecular flexibility index (Phi) is 3.09. The SMILES string of the molecule is CC1Cc2ccccc2N1C(=O)C(C)(N)C(F)(F)F. The molecule has 1 aliphatic rings. The number of rotatable bonds is 1. The standard InChI is InChI=1S/C13H15F3N2O/c1-8-7-9-5-3-4-6-10(9)18(8)11(19)12(2,17)13(14,15)16/h3-6,8H,7,17H2,1-2H3. The molecule has 104 valence electrons. The van der Waals surface area contributed by atoms with E-state index in [9.17, 15) is 18.0 Å². The average molecular weight is 272 g/mol. The molecule has 2 atom stereocenters. The molecule has 3 nitrogen and oxygen atoms in total. The highest BCUT2D eigenvalue weighted by atomic mass is 19.4. The van der Waals surface area contributed by atoms with Crippen LogP contribution < -0.4 is 10.6 Å². The van der Waals surface area contributed by atoms with Crippen LogP contribution in [0.25, 0.3) is 0 Å². The van der Waals surface area contributed by atoms with Crippen LogP contribution in [0.2, 0.25) is 0 Å². The quantitative estimate of drug-likeness (QED) is 0.852. The van der Waals surface area contributed by atoms with Gasteiger partial charge in [0.1, 0.15) is 0 Å². The summed E-state index contributed by atoms with van der Waals surface area (Å²) >= 11 is 0. The van der Waals surface area contributed by atoms with Gasteiger partial charge in [-0.25, -0.2) is 0 Å². The van der Waals surface area contributed by atoms with Crippen LogP contribution in [-0.2, 0) is 11.2 Å². The fourth-order valence-corrected chi connectivity index (χ4v) is 2.25. The Morgan fingerprint density at radius 1 is 1.37 bits per heavy atom. The second kappa shape index (κ2) is 4.23. The van der Waals surface area contributed by atoms with Crippen molar-refractivity contribution in [2.45, 2.75) is 38.0 Å². The normalized spacial score (nSPS) is 22.0. The lowest BCUT2D eigenvalue weighted by Crippen LogP contribution is -2.63. The molecule has 1 amide bonds. The van der Waals surface area contributed by atoms with Crippen molar-refractivity contribution in [3.8, 4) is 0 Å². The summed E-state index contributed by atoms with van der Waals surface area (Å²) in [5.74, 6) is -1.11. The van der Waals surface area contributed by atoms with E-state index in [-0.39, 0.29) is 6.04 Å². The predicted octanol–water partition coefficient (Wildman–Crippen LogP) is 2.24. The Labute approximate surface area is 109 Å². The predicted molar refractivity (Wildman–Crippen MR) is 65.7 cm³/mol. The van der Waals surface area contributed by atoms with Crippen molar-refractivity contribution in [2.75, 3.05) is 4.90 Å². The summed E-state index contributed by atoms with van der Waals surface area (Å²) in [6, 6.07) is 6.61. The summed E-state index contributed by atoms with van der Waals surface area (Å²) in [5.41, 5.74) is 3.72. The summed E-state index contributed by atoms with van der Waals surface area (Å²) in [6.07, 6.45) is -4.24. The summed E-state index contributed by atoms with van der Waals surface area (Å²) in [7, 11) is 0. The third kappa shape index (κ3) is 2.10. The first-order valence-electron chi connectivity index (χ1n) is 5.93. The molecule has 0 saturated carbocycles. The van der Waals surface area contributed by atoms with E-state index in [1.54, 1.807) is 31.2 Å². The molecule has 0 bridgehead atoms. The summed E-state index contributed by atoms with van der Waals surface area (Å²) < 4.78 is 38.6. The van der Waals surface area contributed by atoms with Crippen molar-refractivity contribution in [3.05, 3.63) is 29.8 Å². The number of para-hydroxylation sites is 1. The number of anilines is 1. The van der Waals surface area contributed by atoms with E-state index in [1.165, 1.54) is 0 Å². The van der Waals surface area contributed by atoms with Gasteiger partial charge >= 0.3 is 6.18 Å². The highest BCUT2D eigenvalue weighted by Crippen LogP contribution is 2.37. The molecule has 1 aromatic carbocycles. The van der Waals surface area contributed by atoms with Crippen molar-refractivity contribution in [1.29, 1.82) is 0 Å². The van der Waals surface area contributed by atoms with Gasteiger partial charge in [0.05, 0.1) is 0 Å². The Bertz CT molecular complexity index is 511. The minimum absolute atomic E-state index is 0.324. The lowest BCUT2D eigenvalue weighted by Gasteiger charge is -2.33. The molecule has 1 aromatic rings. The molecular weight excluding hydrogens is 257 g/mol. The molecule has 19 heavy (non-hydrogen) atoms. The van der Waals surface area contributed by atoms with Gasteiger partial charge in [0, 0.05) is 11.7 Å². The van der Waals surface area contributed by atoms with E-state index in [2.05, 4.69) is 0 Å². The molecule has 0 aliphatic carbocycles. The van der Waals surface area contributed by atoms with Gasteiger partial charge in [-0.2, -0.15) is 13.2 Å². The smallest absolute Gasteiger partial charge is 0.310 e. The van der Waals surface area contributed by atoms with Crippen molar-refractivity contribution in [2.24, 2.45) is 5.73 Å². The van der Waals surface area contributed by atoms with E-state index in [0.29, 0.717) is 19.0 Å². The van der Waals surface area contributed by atoms with Crippen molar-refractivity contribution >= 4 is 11.6 Å². The lowest BCUT2D eigenvalue weighted by molar-refractivity contribution is -0.186. The number of carbonyl (C=O) groups is 1. The van der Waals surface area contributed by atoms with Gasteiger partial charge in [-0.05, 0) is 31.9 Å². The summed E-state index contributed by atoms with van der Waals surface area (Å²) in [4.78, 5) is 13.3. The van der Waals surface area contributed by atoms with E-state index in [0.717, 1.165) is 10.5 Å². The van der Waals surface area contributed by atoms with Crippen LogP contribution in [0, 0.1) is 0 Å². The maximum absolute atomic E-state index is 12.9. The van der Waals surface area contributed by atoms with Crippen LogP contribution in [0.5, 0.6) is 0 Å². The Balaban J connectivity index is 2.41. The van der Waals surface area contributed by atoms with Crippen LogP contribution in [0.1, 0.15) is 19.4 Å². The highest BCUT2D eigenvalue weighted by Gasteiger charge is 2.56. The van der Waals surface area contributed by atoms with Crippen LogP contribution in [-0.4, -0.2) is 23.7 Å². The van der Waals surface area contributed by atoms with Gasteiger partial charge in [-0.1, -0.05) is 18.2 Å². The van der Waals surface area contributed by atoms with Crippen LogP contribution in [0.15, 0.2) is 24.3 Å². The van der Waals surface area contributed by atoms with Crippen LogP contribution in [0.4, 0.5) is 18.9 Å². The van der Waals surface area contributed by atoms with Crippen molar-refractivity contribution < 1.29 is 18.0 Å². The number of halogens is 3. The first-order valence-corrected chi connectivity index (χ1v) is 5.93. The number of nitrogens with zero attached hydrogens (tertiary/aromatic N) is 1. The van der Waals surface area contributed by atoms with Crippen LogP contribution in [0.3, 0.4) is 0 Å². The van der Waals surface area contributed by atoms with Gasteiger partial charge in [0.15, 0.2) is 5.54 Å². The Hall–Kier alpha value is -1.56. The Morgan fingerprint density at radius 3 is 2.53 bits per heavy atom. The van der Waals surface area contributed by atoms with Gasteiger partial charge in [0.25, 0.3) is 5.91 Å².